The van der Waals surface area contributed by atoms with E-state index in [-0.39, 0.29) is 0 Å². The molecule has 2 heteroatoms. The number of nitrogens with one attached hydrogen (secondary N) is 1. The highest BCUT2D eigenvalue weighted by Gasteiger charge is 2.49. The molecule has 2 aliphatic carbocycles. The molecule has 0 unspecified atom stereocenters. The summed E-state index contributed by atoms with van der Waals surface area (Å²) >= 11 is 2.20. The first-order chi connectivity index (χ1) is 6.33. The molecular formula is C11H19NS. The van der Waals surface area contributed by atoms with Gasteiger partial charge in [0.15, 0.2) is 0 Å². The molecule has 0 aromatic carbocycles. The molecule has 1 saturated heterocycles. The van der Waals surface area contributed by atoms with Crippen LogP contribution in [-0.2, 0) is 0 Å². The molecule has 0 radical (unpaired) electrons. The van der Waals surface area contributed by atoms with Crippen LogP contribution in [0.15, 0.2) is 0 Å². The van der Waals surface area contributed by atoms with E-state index in [4.69, 9.17) is 0 Å². The molecule has 1 nitrogen and oxygen atoms in total. The van der Waals surface area contributed by atoms with Gasteiger partial charge in [0.25, 0.3) is 0 Å². The Bertz CT molecular complexity index is 192. The van der Waals surface area contributed by atoms with Crippen LogP contribution >= 0.6 is 11.8 Å². The summed E-state index contributed by atoms with van der Waals surface area (Å²) in [4.78, 5) is 0.520. The van der Waals surface area contributed by atoms with E-state index in [9.17, 15) is 0 Å². The quantitative estimate of drug-likeness (QED) is 0.641. The van der Waals surface area contributed by atoms with Crippen LogP contribution < -0.4 is 5.32 Å². The second-order valence-electron chi connectivity index (χ2n) is 5.12. The molecule has 1 aliphatic heterocycles. The van der Waals surface area contributed by atoms with Gasteiger partial charge in [-0.3, -0.25) is 0 Å². The number of hydrogen-bond acceptors (Lipinski definition) is 2. The third kappa shape index (κ3) is 1.52. The molecule has 2 saturated carbocycles. The first-order valence-electron chi connectivity index (χ1n) is 5.72. The summed E-state index contributed by atoms with van der Waals surface area (Å²) in [6.07, 6.45) is 10.3. The van der Waals surface area contributed by atoms with Gasteiger partial charge in [0.1, 0.15) is 0 Å². The second-order valence-corrected chi connectivity index (χ2v) is 6.60. The molecule has 0 amide bonds. The van der Waals surface area contributed by atoms with Gasteiger partial charge in [-0.2, -0.15) is 0 Å². The third-order valence-electron chi connectivity index (χ3n) is 4.22. The Hall–Kier alpha value is 0.310. The van der Waals surface area contributed by atoms with E-state index in [0.717, 1.165) is 5.41 Å². The van der Waals surface area contributed by atoms with E-state index in [1.807, 2.05) is 0 Å². The Morgan fingerprint density at radius 2 is 1.62 bits per heavy atom. The number of thioether (sulfide) groups is 1. The number of rotatable bonds is 0. The van der Waals surface area contributed by atoms with Crippen LogP contribution in [0.3, 0.4) is 0 Å². The summed E-state index contributed by atoms with van der Waals surface area (Å²) in [5, 5.41) is 3.76. The van der Waals surface area contributed by atoms with E-state index in [2.05, 4.69) is 17.1 Å². The molecule has 0 aromatic rings. The van der Waals surface area contributed by atoms with Crippen LogP contribution in [0.25, 0.3) is 0 Å². The van der Waals surface area contributed by atoms with Crippen LogP contribution in [0.1, 0.15) is 44.9 Å². The van der Waals surface area contributed by atoms with Crippen molar-refractivity contribution in [3.8, 4) is 0 Å². The van der Waals surface area contributed by atoms with Crippen LogP contribution in [-0.4, -0.2) is 17.2 Å². The van der Waals surface area contributed by atoms with Crippen molar-refractivity contribution in [1.29, 1.82) is 0 Å². The van der Waals surface area contributed by atoms with Crippen molar-refractivity contribution in [3.05, 3.63) is 0 Å². The summed E-state index contributed by atoms with van der Waals surface area (Å²) in [5.41, 5.74) is 0.852. The molecule has 3 aliphatic rings. The lowest BCUT2D eigenvalue weighted by molar-refractivity contribution is 0.247. The Kier molecular flexibility index (Phi) is 1.92. The molecule has 0 aromatic heterocycles. The fourth-order valence-corrected chi connectivity index (χ4v) is 4.27. The van der Waals surface area contributed by atoms with Gasteiger partial charge in [-0.1, -0.05) is 0 Å². The van der Waals surface area contributed by atoms with E-state index in [0.29, 0.717) is 4.87 Å². The van der Waals surface area contributed by atoms with Gasteiger partial charge in [0, 0.05) is 0 Å². The van der Waals surface area contributed by atoms with Crippen molar-refractivity contribution in [3.63, 3.8) is 0 Å². The average molecular weight is 197 g/mol. The maximum Gasteiger partial charge on any atom is 0.0645 e. The highest BCUT2D eigenvalue weighted by atomic mass is 32.2. The maximum atomic E-state index is 3.76. The van der Waals surface area contributed by atoms with E-state index in [1.165, 1.54) is 57.2 Å². The first-order valence-corrected chi connectivity index (χ1v) is 6.70. The van der Waals surface area contributed by atoms with Gasteiger partial charge >= 0.3 is 0 Å². The summed E-state index contributed by atoms with van der Waals surface area (Å²) in [6.45, 7) is 1.26. The van der Waals surface area contributed by atoms with Crippen molar-refractivity contribution in [2.24, 2.45) is 5.41 Å². The molecule has 0 atom stereocenters. The monoisotopic (exact) mass is 197 g/mol. The number of hydrogen-bond donors (Lipinski definition) is 1. The lowest BCUT2D eigenvalue weighted by Crippen LogP contribution is -2.48. The predicted molar refractivity (Wildman–Crippen MR) is 57.9 cm³/mol. The van der Waals surface area contributed by atoms with Crippen molar-refractivity contribution >= 4 is 11.8 Å². The highest BCUT2D eigenvalue weighted by Crippen LogP contribution is 2.59. The highest BCUT2D eigenvalue weighted by molar-refractivity contribution is 8.00. The minimum absolute atomic E-state index is 0.520. The van der Waals surface area contributed by atoms with Gasteiger partial charge in [0.05, 0.1) is 4.87 Å². The normalized spacial score (nSPS) is 35.1. The van der Waals surface area contributed by atoms with Crippen LogP contribution in [0.4, 0.5) is 0 Å². The minimum Gasteiger partial charge on any atom is -0.303 e. The lowest BCUT2D eigenvalue weighted by Gasteiger charge is -2.43. The molecule has 3 rings (SSSR count). The summed E-state index contributed by atoms with van der Waals surface area (Å²) in [7, 11) is 0. The van der Waals surface area contributed by atoms with Crippen LogP contribution in [0.5, 0.6) is 0 Å². The van der Waals surface area contributed by atoms with Gasteiger partial charge in [-0.05, 0) is 62.7 Å². The Morgan fingerprint density at radius 1 is 0.923 bits per heavy atom. The fourth-order valence-electron chi connectivity index (χ4n) is 2.89. The van der Waals surface area contributed by atoms with Crippen molar-refractivity contribution in [2.45, 2.75) is 49.8 Å². The summed E-state index contributed by atoms with van der Waals surface area (Å²) in [5.74, 6) is 1.39. The zero-order valence-electron chi connectivity index (χ0n) is 8.27. The second kappa shape index (κ2) is 2.90. The zero-order valence-corrected chi connectivity index (χ0v) is 9.09. The average Bonchev–Trinajstić information content (AvgIpc) is 2.94. The van der Waals surface area contributed by atoms with Crippen molar-refractivity contribution in [1.82, 2.24) is 5.32 Å². The Labute approximate surface area is 85.0 Å². The minimum atomic E-state index is 0.520. The molecular weight excluding hydrogens is 178 g/mol. The summed E-state index contributed by atoms with van der Waals surface area (Å²) < 4.78 is 0. The van der Waals surface area contributed by atoms with E-state index < -0.39 is 0 Å². The first kappa shape index (κ1) is 8.60. The largest absolute Gasteiger partial charge is 0.303 e. The zero-order chi connectivity index (χ0) is 8.78. The van der Waals surface area contributed by atoms with E-state index in [1.54, 1.807) is 0 Å². The van der Waals surface area contributed by atoms with Gasteiger partial charge < -0.3 is 5.32 Å². The SMILES string of the molecule is C1CNC2(CCC3(CC3)CC2)SC1. The lowest BCUT2D eigenvalue weighted by atomic mass is 9.83. The predicted octanol–water partition coefficient (Wildman–Crippen LogP) is 2.76. The third-order valence-corrected chi connectivity index (χ3v) is 5.82. The Balaban J connectivity index is 1.65. The van der Waals surface area contributed by atoms with Gasteiger partial charge in [0.2, 0.25) is 0 Å². The molecule has 0 bridgehead atoms. The van der Waals surface area contributed by atoms with Gasteiger partial charge in [-0.25, -0.2) is 0 Å². The maximum absolute atomic E-state index is 3.76. The summed E-state index contributed by atoms with van der Waals surface area (Å²) in [6, 6.07) is 0. The molecule has 74 valence electrons. The standard InChI is InChI=1S/C11H19NS/c1-8-12-11(13-9-1)6-4-10(2-3-10)5-7-11/h12H,1-9H2. The smallest absolute Gasteiger partial charge is 0.0645 e. The van der Waals surface area contributed by atoms with Gasteiger partial charge in [-0.15, -0.1) is 11.8 Å². The van der Waals surface area contributed by atoms with Crippen molar-refractivity contribution in [2.75, 3.05) is 12.3 Å². The molecule has 2 spiro atoms. The fraction of sp³-hybridized carbons (Fsp3) is 1.00. The molecule has 3 fully saturated rings. The topological polar surface area (TPSA) is 12.0 Å². The van der Waals surface area contributed by atoms with E-state index >= 15 is 0 Å². The van der Waals surface area contributed by atoms with Crippen LogP contribution in [0, 0.1) is 5.41 Å². The molecule has 1 heterocycles. The van der Waals surface area contributed by atoms with Crippen LogP contribution in [0.2, 0.25) is 0 Å². The Morgan fingerprint density at radius 3 is 2.15 bits per heavy atom. The molecule has 1 N–H and O–H groups in total. The molecule has 13 heavy (non-hydrogen) atoms. The van der Waals surface area contributed by atoms with Crippen molar-refractivity contribution < 1.29 is 0 Å².